The number of hydrogen-bond donors (Lipinski definition) is 0. The maximum absolute atomic E-state index is 13.1. The van der Waals surface area contributed by atoms with Gasteiger partial charge in [-0.3, -0.25) is 4.79 Å². The second-order valence-corrected chi connectivity index (χ2v) is 8.24. The van der Waals surface area contributed by atoms with Crippen molar-refractivity contribution in [2.45, 2.75) is 38.5 Å². The number of Topliss-reactive ketones (excluding diaryl/α,β-unsaturated/α-hetero) is 1. The van der Waals surface area contributed by atoms with E-state index in [9.17, 15) is 4.79 Å². The van der Waals surface area contributed by atoms with Gasteiger partial charge < -0.3 is 9.13 Å². The predicted octanol–water partition coefficient (Wildman–Crippen LogP) is 5.12. The summed E-state index contributed by atoms with van der Waals surface area (Å²) in [5.74, 6) is 1.13. The Labute approximate surface area is 185 Å². The van der Waals surface area contributed by atoms with Gasteiger partial charge in [0.15, 0.2) is 16.8 Å². The standard InChI is InChI=1S/C24H23N5OS/c1-3-29-23(18-9-6-8-17(2)14-18)26-27-24(29)31-16-22(30)20-15-28(13-7-12-25)21-11-5-4-10-19(20)21/h4-6,8-11,14-15H,3,7,13,16H2,1-2H3. The molecule has 0 spiro atoms. The lowest BCUT2D eigenvalue weighted by molar-refractivity contribution is 0.102. The van der Waals surface area contributed by atoms with Gasteiger partial charge in [0.1, 0.15) is 0 Å². The van der Waals surface area contributed by atoms with Crippen LogP contribution in [0.1, 0.15) is 29.3 Å². The predicted molar refractivity (Wildman–Crippen MR) is 123 cm³/mol. The fourth-order valence-electron chi connectivity index (χ4n) is 3.71. The van der Waals surface area contributed by atoms with E-state index in [1.165, 1.54) is 17.3 Å². The number of ketones is 1. The first-order valence-electron chi connectivity index (χ1n) is 10.2. The molecule has 2 aromatic heterocycles. The quantitative estimate of drug-likeness (QED) is 0.287. The molecule has 0 N–H and O–H groups in total. The Hall–Kier alpha value is -3.37. The van der Waals surface area contributed by atoms with Crippen LogP contribution < -0.4 is 0 Å². The largest absolute Gasteiger partial charge is 0.346 e. The summed E-state index contributed by atoms with van der Waals surface area (Å²) in [7, 11) is 0. The van der Waals surface area contributed by atoms with Crippen LogP contribution in [0.15, 0.2) is 59.9 Å². The molecule has 0 saturated carbocycles. The van der Waals surface area contributed by atoms with Crippen LogP contribution in [0, 0.1) is 18.3 Å². The molecule has 4 rings (SSSR count). The highest BCUT2D eigenvalue weighted by atomic mass is 32.2. The Kier molecular flexibility index (Phi) is 6.19. The van der Waals surface area contributed by atoms with Crippen LogP contribution in [-0.4, -0.2) is 30.9 Å². The van der Waals surface area contributed by atoms with E-state index in [0.717, 1.165) is 34.0 Å². The van der Waals surface area contributed by atoms with Gasteiger partial charge in [0.05, 0.1) is 18.2 Å². The van der Waals surface area contributed by atoms with Crippen molar-refractivity contribution in [2.24, 2.45) is 0 Å². The fraction of sp³-hybridized carbons (Fsp3) is 0.250. The van der Waals surface area contributed by atoms with Crippen LogP contribution in [0.4, 0.5) is 0 Å². The van der Waals surface area contributed by atoms with Gasteiger partial charge in [-0.15, -0.1) is 10.2 Å². The first kappa shape index (κ1) is 20.9. The molecular weight excluding hydrogens is 406 g/mol. The second-order valence-electron chi connectivity index (χ2n) is 7.29. The molecule has 2 aromatic carbocycles. The summed E-state index contributed by atoms with van der Waals surface area (Å²) >= 11 is 1.41. The van der Waals surface area contributed by atoms with Crippen molar-refractivity contribution in [3.8, 4) is 17.5 Å². The van der Waals surface area contributed by atoms with Crippen molar-refractivity contribution < 1.29 is 4.79 Å². The number of benzene rings is 2. The molecule has 31 heavy (non-hydrogen) atoms. The first-order chi connectivity index (χ1) is 15.1. The average Bonchev–Trinajstić information content (AvgIpc) is 3.37. The van der Waals surface area contributed by atoms with E-state index in [1.54, 1.807) is 0 Å². The van der Waals surface area contributed by atoms with Crippen LogP contribution in [0.5, 0.6) is 0 Å². The van der Waals surface area contributed by atoms with Crippen LogP contribution in [-0.2, 0) is 13.1 Å². The Morgan fingerprint density at radius 2 is 2.00 bits per heavy atom. The van der Waals surface area contributed by atoms with Gasteiger partial charge in [-0.25, -0.2) is 0 Å². The number of rotatable bonds is 8. The molecule has 0 amide bonds. The summed E-state index contributed by atoms with van der Waals surface area (Å²) in [6.45, 7) is 5.40. The van der Waals surface area contributed by atoms with Gasteiger partial charge in [0.2, 0.25) is 0 Å². The van der Waals surface area contributed by atoms with Crippen LogP contribution in [0.3, 0.4) is 0 Å². The van der Waals surface area contributed by atoms with Crippen molar-refractivity contribution in [3.63, 3.8) is 0 Å². The zero-order valence-electron chi connectivity index (χ0n) is 17.6. The van der Waals surface area contributed by atoms with Crippen molar-refractivity contribution in [2.75, 3.05) is 5.75 Å². The number of aryl methyl sites for hydroxylation is 2. The molecule has 4 aromatic rings. The minimum atomic E-state index is 0.0414. The summed E-state index contributed by atoms with van der Waals surface area (Å²) in [6, 6.07) is 18.2. The highest BCUT2D eigenvalue weighted by molar-refractivity contribution is 7.99. The number of nitrogens with zero attached hydrogens (tertiary/aromatic N) is 5. The normalized spacial score (nSPS) is 11.0. The number of hydrogen-bond acceptors (Lipinski definition) is 5. The van der Waals surface area contributed by atoms with Crippen LogP contribution in [0.25, 0.3) is 22.3 Å². The zero-order valence-corrected chi connectivity index (χ0v) is 18.4. The topological polar surface area (TPSA) is 76.5 Å². The summed E-state index contributed by atoms with van der Waals surface area (Å²) in [4.78, 5) is 13.1. The molecule has 7 heteroatoms. The summed E-state index contributed by atoms with van der Waals surface area (Å²) < 4.78 is 4.03. The lowest BCUT2D eigenvalue weighted by Gasteiger charge is -2.07. The van der Waals surface area contributed by atoms with Crippen molar-refractivity contribution in [1.29, 1.82) is 5.26 Å². The van der Waals surface area contributed by atoms with Crippen molar-refractivity contribution in [3.05, 3.63) is 65.9 Å². The molecule has 0 saturated heterocycles. The minimum Gasteiger partial charge on any atom is -0.346 e. The van der Waals surface area contributed by atoms with Gasteiger partial charge in [0.25, 0.3) is 0 Å². The van der Waals surface area contributed by atoms with E-state index in [1.807, 2.05) is 51.7 Å². The lowest BCUT2D eigenvalue weighted by Crippen LogP contribution is -2.05. The van der Waals surface area contributed by atoms with E-state index in [0.29, 0.717) is 18.5 Å². The molecule has 6 nitrogen and oxygen atoms in total. The highest BCUT2D eigenvalue weighted by Gasteiger charge is 2.18. The van der Waals surface area contributed by atoms with E-state index in [4.69, 9.17) is 5.26 Å². The molecule has 0 radical (unpaired) electrons. The molecule has 0 fully saturated rings. The van der Waals surface area contributed by atoms with Gasteiger partial charge in [-0.05, 0) is 26.0 Å². The number of carbonyl (C=O) groups excluding carboxylic acids is 1. The van der Waals surface area contributed by atoms with Crippen molar-refractivity contribution in [1.82, 2.24) is 19.3 Å². The third-order valence-electron chi connectivity index (χ3n) is 5.20. The smallest absolute Gasteiger partial charge is 0.191 e. The van der Waals surface area contributed by atoms with Crippen molar-refractivity contribution >= 4 is 28.4 Å². The molecule has 0 aliphatic rings. The van der Waals surface area contributed by atoms with E-state index in [-0.39, 0.29) is 11.5 Å². The molecule has 156 valence electrons. The number of fused-ring (bicyclic) bond motifs is 1. The Balaban J connectivity index is 1.57. The molecule has 0 aliphatic carbocycles. The van der Waals surface area contributed by atoms with E-state index < -0.39 is 0 Å². The monoisotopic (exact) mass is 429 g/mol. The van der Waals surface area contributed by atoms with Gasteiger partial charge in [-0.2, -0.15) is 5.26 Å². The van der Waals surface area contributed by atoms with Gasteiger partial charge in [0, 0.05) is 41.3 Å². The maximum atomic E-state index is 13.1. The Bertz CT molecular complexity index is 1280. The zero-order chi connectivity index (χ0) is 21.8. The molecule has 0 bridgehead atoms. The minimum absolute atomic E-state index is 0.0414. The maximum Gasteiger partial charge on any atom is 0.191 e. The molecular formula is C24H23N5OS. The van der Waals surface area contributed by atoms with E-state index >= 15 is 0 Å². The number of aromatic nitrogens is 4. The second kappa shape index (κ2) is 9.19. The summed E-state index contributed by atoms with van der Waals surface area (Å²) in [5, 5.41) is 19.3. The van der Waals surface area contributed by atoms with E-state index in [2.05, 4.69) is 42.2 Å². The number of para-hydroxylation sites is 1. The van der Waals surface area contributed by atoms with Crippen LogP contribution >= 0.6 is 11.8 Å². The highest BCUT2D eigenvalue weighted by Crippen LogP contribution is 2.27. The molecule has 0 unspecified atom stereocenters. The number of carbonyl (C=O) groups is 1. The molecule has 0 atom stereocenters. The third-order valence-corrected chi connectivity index (χ3v) is 6.16. The average molecular weight is 430 g/mol. The number of nitriles is 1. The molecule has 0 aliphatic heterocycles. The van der Waals surface area contributed by atoms with Crippen LogP contribution in [0.2, 0.25) is 0 Å². The Morgan fingerprint density at radius 1 is 1.16 bits per heavy atom. The Morgan fingerprint density at radius 3 is 2.77 bits per heavy atom. The molecule has 2 heterocycles. The fourth-order valence-corrected chi connectivity index (χ4v) is 4.60. The van der Waals surface area contributed by atoms with Gasteiger partial charge >= 0.3 is 0 Å². The van der Waals surface area contributed by atoms with Gasteiger partial charge in [-0.1, -0.05) is 53.7 Å². The first-order valence-corrected chi connectivity index (χ1v) is 11.2. The summed E-state index contributed by atoms with van der Waals surface area (Å²) in [5.41, 5.74) is 3.85. The third kappa shape index (κ3) is 4.25. The SMILES string of the molecule is CCn1c(SCC(=O)c2cn(CCC#N)c3ccccc23)nnc1-c1cccc(C)c1. The lowest BCUT2D eigenvalue weighted by atomic mass is 10.1. The summed E-state index contributed by atoms with van der Waals surface area (Å²) in [6.07, 6.45) is 2.27. The number of thioether (sulfide) groups is 1.